The molecule has 8 heteroatoms. The molecule has 1 N–H and O–H groups in total. The first-order chi connectivity index (χ1) is 13.5. The molecule has 1 amide bonds. The van der Waals surface area contributed by atoms with Crippen molar-refractivity contribution in [2.45, 2.75) is 35.6 Å². The summed E-state index contributed by atoms with van der Waals surface area (Å²) in [7, 11) is -3.45. The molecule has 0 unspecified atom stereocenters. The summed E-state index contributed by atoms with van der Waals surface area (Å²) in [6.07, 6.45) is 3.18. The topological polar surface area (TPSA) is 79.4 Å². The standard InChI is InChI=1S/C20H25N3O3S2/c1-16(17-7-3-2-4-8-17)13-21-19(24)15-27-20-10-9-18(14-22-20)28(25,26)23-11-5-6-12-23/h2-4,7-10,14,16H,5-6,11-13,15H2,1H3,(H,21,24)/t16-/m0/s1. The lowest BCUT2D eigenvalue weighted by Crippen LogP contribution is -2.29. The zero-order valence-corrected chi connectivity index (χ0v) is 17.5. The molecule has 1 atom stereocenters. The molecule has 3 rings (SSSR count). The Bertz CT molecular complexity index is 881. The molecule has 2 heterocycles. The number of hydrogen-bond donors (Lipinski definition) is 1. The second kappa shape index (κ2) is 9.54. The van der Waals surface area contributed by atoms with E-state index in [0.717, 1.165) is 12.8 Å². The molecule has 1 aromatic heterocycles. The van der Waals surface area contributed by atoms with Crippen LogP contribution in [0.3, 0.4) is 0 Å². The highest BCUT2D eigenvalue weighted by Gasteiger charge is 2.27. The normalized spacial score (nSPS) is 16.0. The minimum Gasteiger partial charge on any atom is -0.355 e. The number of rotatable bonds is 8. The van der Waals surface area contributed by atoms with Crippen LogP contribution in [0.15, 0.2) is 58.6 Å². The smallest absolute Gasteiger partial charge is 0.244 e. The number of benzene rings is 1. The van der Waals surface area contributed by atoms with Crippen molar-refractivity contribution in [3.8, 4) is 0 Å². The van der Waals surface area contributed by atoms with Crippen LogP contribution in [0, 0.1) is 0 Å². The van der Waals surface area contributed by atoms with E-state index in [2.05, 4.69) is 17.2 Å². The van der Waals surface area contributed by atoms with Crippen molar-refractivity contribution in [1.29, 1.82) is 0 Å². The van der Waals surface area contributed by atoms with Gasteiger partial charge in [0.05, 0.1) is 10.8 Å². The second-order valence-corrected chi connectivity index (χ2v) is 9.78. The van der Waals surface area contributed by atoms with Gasteiger partial charge in [-0.2, -0.15) is 4.31 Å². The summed E-state index contributed by atoms with van der Waals surface area (Å²) in [5.41, 5.74) is 1.19. The van der Waals surface area contributed by atoms with E-state index in [1.54, 1.807) is 12.1 Å². The van der Waals surface area contributed by atoms with Gasteiger partial charge in [0.1, 0.15) is 4.90 Å². The van der Waals surface area contributed by atoms with Crippen LogP contribution in [-0.2, 0) is 14.8 Å². The third-order valence-corrected chi connectivity index (χ3v) is 7.56. The van der Waals surface area contributed by atoms with E-state index in [4.69, 9.17) is 0 Å². The van der Waals surface area contributed by atoms with Gasteiger partial charge in [-0.05, 0) is 36.5 Å². The van der Waals surface area contributed by atoms with Crippen molar-refractivity contribution in [1.82, 2.24) is 14.6 Å². The Hall–Kier alpha value is -1.90. The van der Waals surface area contributed by atoms with Crippen molar-refractivity contribution in [3.05, 3.63) is 54.2 Å². The molecule has 0 spiro atoms. The molecule has 6 nitrogen and oxygen atoms in total. The Kier molecular flexibility index (Phi) is 7.09. The quantitative estimate of drug-likeness (QED) is 0.666. The van der Waals surface area contributed by atoms with Crippen molar-refractivity contribution in [3.63, 3.8) is 0 Å². The number of sulfonamides is 1. The first kappa shape index (κ1) is 20.8. The van der Waals surface area contributed by atoms with Gasteiger partial charge in [-0.15, -0.1) is 0 Å². The number of thioether (sulfide) groups is 1. The average molecular weight is 420 g/mol. The summed E-state index contributed by atoms with van der Waals surface area (Å²) in [5.74, 6) is 0.416. The number of amides is 1. The lowest BCUT2D eigenvalue weighted by atomic mass is 10.0. The van der Waals surface area contributed by atoms with Crippen molar-refractivity contribution in [2.75, 3.05) is 25.4 Å². The number of aromatic nitrogens is 1. The third-order valence-electron chi connectivity index (χ3n) is 4.74. The largest absolute Gasteiger partial charge is 0.355 e. The lowest BCUT2D eigenvalue weighted by molar-refractivity contribution is -0.118. The fourth-order valence-corrected chi connectivity index (χ4v) is 5.17. The molecular formula is C20H25N3O3S2. The molecule has 1 aliphatic heterocycles. The molecule has 1 saturated heterocycles. The average Bonchev–Trinajstić information content (AvgIpc) is 3.27. The van der Waals surface area contributed by atoms with Crippen LogP contribution < -0.4 is 5.32 Å². The number of carbonyl (C=O) groups excluding carboxylic acids is 1. The van der Waals surface area contributed by atoms with Crippen molar-refractivity contribution >= 4 is 27.7 Å². The molecule has 28 heavy (non-hydrogen) atoms. The van der Waals surface area contributed by atoms with Gasteiger partial charge in [-0.1, -0.05) is 49.0 Å². The van der Waals surface area contributed by atoms with Crippen LogP contribution in [0.4, 0.5) is 0 Å². The highest BCUT2D eigenvalue weighted by molar-refractivity contribution is 7.99. The third kappa shape index (κ3) is 5.33. The predicted octanol–water partition coefficient (Wildman–Crippen LogP) is 2.88. The molecule has 0 aliphatic carbocycles. The van der Waals surface area contributed by atoms with Crippen LogP contribution in [-0.4, -0.2) is 49.0 Å². The first-order valence-corrected chi connectivity index (χ1v) is 11.8. The van der Waals surface area contributed by atoms with E-state index in [1.165, 1.54) is 27.8 Å². The molecule has 0 bridgehead atoms. The van der Waals surface area contributed by atoms with Crippen LogP contribution in [0.5, 0.6) is 0 Å². The number of hydrogen-bond acceptors (Lipinski definition) is 5. The van der Waals surface area contributed by atoms with E-state index < -0.39 is 10.0 Å². The predicted molar refractivity (Wildman–Crippen MR) is 111 cm³/mol. The highest BCUT2D eigenvalue weighted by atomic mass is 32.2. The highest BCUT2D eigenvalue weighted by Crippen LogP contribution is 2.22. The SMILES string of the molecule is C[C@@H](CNC(=O)CSc1ccc(S(=O)(=O)N2CCCC2)cn1)c1ccccc1. The van der Waals surface area contributed by atoms with E-state index >= 15 is 0 Å². The summed E-state index contributed by atoms with van der Waals surface area (Å²) >= 11 is 1.30. The van der Waals surface area contributed by atoms with Gasteiger partial charge >= 0.3 is 0 Å². The summed E-state index contributed by atoms with van der Waals surface area (Å²) in [6, 6.07) is 13.3. The van der Waals surface area contributed by atoms with Crippen molar-refractivity contribution < 1.29 is 13.2 Å². The number of nitrogens with zero attached hydrogens (tertiary/aromatic N) is 2. The minimum absolute atomic E-state index is 0.0663. The van der Waals surface area contributed by atoms with Crippen LogP contribution in [0.2, 0.25) is 0 Å². The fourth-order valence-electron chi connectivity index (χ4n) is 3.04. The Morgan fingerprint density at radius 3 is 2.54 bits per heavy atom. The Morgan fingerprint density at radius 2 is 1.89 bits per heavy atom. The van der Waals surface area contributed by atoms with Gasteiger partial charge in [0.2, 0.25) is 15.9 Å². The zero-order valence-electron chi connectivity index (χ0n) is 15.9. The molecule has 2 aromatic rings. The summed E-state index contributed by atoms with van der Waals surface area (Å²) in [5, 5.41) is 3.56. The number of carbonyl (C=O) groups is 1. The van der Waals surface area contributed by atoms with E-state index in [1.807, 2.05) is 30.3 Å². The van der Waals surface area contributed by atoms with Crippen LogP contribution in [0.1, 0.15) is 31.2 Å². The maximum atomic E-state index is 12.5. The van der Waals surface area contributed by atoms with E-state index in [9.17, 15) is 13.2 Å². The summed E-state index contributed by atoms with van der Waals surface area (Å²) in [6.45, 7) is 3.79. The van der Waals surface area contributed by atoms with E-state index in [0.29, 0.717) is 24.7 Å². The molecule has 1 fully saturated rings. The number of pyridine rings is 1. The van der Waals surface area contributed by atoms with Gasteiger partial charge in [0, 0.05) is 25.8 Å². The maximum Gasteiger partial charge on any atom is 0.244 e. The summed E-state index contributed by atoms with van der Waals surface area (Å²) in [4.78, 5) is 16.5. The van der Waals surface area contributed by atoms with Crippen LogP contribution >= 0.6 is 11.8 Å². The van der Waals surface area contributed by atoms with Crippen molar-refractivity contribution in [2.24, 2.45) is 0 Å². The van der Waals surface area contributed by atoms with Crippen LogP contribution in [0.25, 0.3) is 0 Å². The fraction of sp³-hybridized carbons (Fsp3) is 0.400. The Labute approximate surface area is 170 Å². The first-order valence-electron chi connectivity index (χ1n) is 9.37. The minimum atomic E-state index is -3.45. The van der Waals surface area contributed by atoms with E-state index in [-0.39, 0.29) is 22.5 Å². The molecule has 150 valence electrons. The number of nitrogens with one attached hydrogen (secondary N) is 1. The Morgan fingerprint density at radius 1 is 1.18 bits per heavy atom. The van der Waals surface area contributed by atoms with Gasteiger partial charge in [-0.3, -0.25) is 4.79 Å². The van der Waals surface area contributed by atoms with Gasteiger partial charge in [0.15, 0.2) is 0 Å². The summed E-state index contributed by atoms with van der Waals surface area (Å²) < 4.78 is 26.5. The zero-order chi connectivity index (χ0) is 20.0. The monoisotopic (exact) mass is 419 g/mol. The molecule has 1 aromatic carbocycles. The second-order valence-electron chi connectivity index (χ2n) is 6.85. The Balaban J connectivity index is 1.47. The van der Waals surface area contributed by atoms with Gasteiger partial charge in [0.25, 0.3) is 0 Å². The van der Waals surface area contributed by atoms with Gasteiger partial charge in [-0.25, -0.2) is 13.4 Å². The molecule has 0 saturated carbocycles. The van der Waals surface area contributed by atoms with Gasteiger partial charge < -0.3 is 5.32 Å². The molecule has 1 aliphatic rings. The molecular weight excluding hydrogens is 394 g/mol. The maximum absolute atomic E-state index is 12.5. The lowest BCUT2D eigenvalue weighted by Gasteiger charge is -2.15. The molecule has 0 radical (unpaired) electrons.